The zero-order valence-electron chi connectivity index (χ0n) is 20.5. The van der Waals surface area contributed by atoms with E-state index in [1.807, 2.05) is 27.7 Å². The van der Waals surface area contributed by atoms with Gasteiger partial charge in [-0.05, 0) is 40.5 Å². The molecule has 0 aliphatic heterocycles. The Labute approximate surface area is 186 Å². The van der Waals surface area contributed by atoms with Gasteiger partial charge in [0.15, 0.2) is 0 Å². The lowest BCUT2D eigenvalue weighted by atomic mass is 10.0. The summed E-state index contributed by atoms with van der Waals surface area (Å²) in [4.78, 5) is 22.9. The van der Waals surface area contributed by atoms with E-state index in [-0.39, 0.29) is 24.1 Å². The lowest BCUT2D eigenvalue weighted by Gasteiger charge is -2.07. The number of carbonyl (C=O) groups excluding carboxylic acids is 2. The Hall–Kier alpha value is -1.06. The van der Waals surface area contributed by atoms with Crippen molar-refractivity contribution in [1.82, 2.24) is 0 Å². The molecule has 0 aromatic carbocycles. The van der Waals surface area contributed by atoms with Gasteiger partial charge in [0.25, 0.3) is 0 Å². The number of unbranched alkanes of at least 4 members (excludes halogenated alkanes) is 15. The van der Waals surface area contributed by atoms with Crippen LogP contribution in [0.2, 0.25) is 0 Å². The second kappa shape index (κ2) is 21.2. The van der Waals surface area contributed by atoms with Crippen molar-refractivity contribution < 1.29 is 19.1 Å². The van der Waals surface area contributed by atoms with E-state index in [1.165, 1.54) is 77.0 Å². The quantitative estimate of drug-likeness (QED) is 0.138. The molecule has 0 spiro atoms. The first-order chi connectivity index (χ1) is 14.4. The SMILES string of the molecule is CC(C)OC(=O)CCCCCCCCCCCCCCCCCCC(=O)OC(C)C. The van der Waals surface area contributed by atoms with E-state index in [1.54, 1.807) is 0 Å². The molecule has 30 heavy (non-hydrogen) atoms. The Kier molecular flexibility index (Phi) is 20.4. The average molecular weight is 427 g/mol. The largest absolute Gasteiger partial charge is 0.463 e. The van der Waals surface area contributed by atoms with Gasteiger partial charge < -0.3 is 9.47 Å². The average Bonchev–Trinajstić information content (AvgIpc) is 2.65. The minimum absolute atomic E-state index is 0.00995. The summed E-state index contributed by atoms with van der Waals surface area (Å²) >= 11 is 0. The van der Waals surface area contributed by atoms with Gasteiger partial charge in [-0.25, -0.2) is 0 Å². The normalized spacial score (nSPS) is 11.3. The van der Waals surface area contributed by atoms with E-state index in [9.17, 15) is 9.59 Å². The number of hydrogen-bond acceptors (Lipinski definition) is 4. The van der Waals surface area contributed by atoms with Crippen LogP contribution in [0.25, 0.3) is 0 Å². The molecule has 0 aliphatic rings. The number of carbonyl (C=O) groups is 2. The molecule has 4 heteroatoms. The fraction of sp³-hybridized carbons (Fsp3) is 0.923. The monoisotopic (exact) mass is 426 g/mol. The molecule has 0 aromatic heterocycles. The molecular weight excluding hydrogens is 376 g/mol. The van der Waals surface area contributed by atoms with Gasteiger partial charge in [0.2, 0.25) is 0 Å². The molecule has 178 valence electrons. The Bertz CT molecular complexity index is 366. The Morgan fingerprint density at radius 3 is 0.833 bits per heavy atom. The van der Waals surface area contributed by atoms with E-state index in [0.29, 0.717) is 12.8 Å². The fourth-order valence-corrected chi connectivity index (χ4v) is 3.66. The van der Waals surface area contributed by atoms with Gasteiger partial charge in [-0.2, -0.15) is 0 Å². The summed E-state index contributed by atoms with van der Waals surface area (Å²) in [5.74, 6) is -0.0950. The molecule has 0 fully saturated rings. The van der Waals surface area contributed by atoms with Crippen molar-refractivity contribution in [3.63, 3.8) is 0 Å². The summed E-state index contributed by atoms with van der Waals surface area (Å²) in [5.41, 5.74) is 0. The number of ether oxygens (including phenoxy) is 2. The molecule has 0 heterocycles. The van der Waals surface area contributed by atoms with Crippen LogP contribution in [-0.2, 0) is 19.1 Å². The van der Waals surface area contributed by atoms with E-state index in [2.05, 4.69) is 0 Å². The second-order valence-electron chi connectivity index (χ2n) is 9.23. The van der Waals surface area contributed by atoms with Crippen LogP contribution >= 0.6 is 0 Å². The highest BCUT2D eigenvalue weighted by Crippen LogP contribution is 2.14. The first kappa shape index (κ1) is 28.9. The lowest BCUT2D eigenvalue weighted by Crippen LogP contribution is -2.10. The summed E-state index contributed by atoms with van der Waals surface area (Å²) in [5, 5.41) is 0. The van der Waals surface area contributed by atoms with Gasteiger partial charge in [-0.15, -0.1) is 0 Å². The third-order valence-corrected chi connectivity index (χ3v) is 5.25. The molecule has 0 aromatic rings. The van der Waals surface area contributed by atoms with Gasteiger partial charge in [0, 0.05) is 12.8 Å². The standard InChI is InChI=1S/C26H50O4/c1-23(2)29-25(27)21-19-17-15-13-11-9-7-5-6-8-10-12-14-16-18-20-22-26(28)30-24(3)4/h23-24H,5-22H2,1-4H3. The van der Waals surface area contributed by atoms with Crippen molar-refractivity contribution in [3.05, 3.63) is 0 Å². The highest BCUT2D eigenvalue weighted by Gasteiger charge is 2.05. The van der Waals surface area contributed by atoms with Crippen molar-refractivity contribution in [3.8, 4) is 0 Å². The summed E-state index contributed by atoms with van der Waals surface area (Å²) in [6.07, 6.45) is 21.4. The maximum Gasteiger partial charge on any atom is 0.306 e. The van der Waals surface area contributed by atoms with Crippen molar-refractivity contribution in [2.24, 2.45) is 0 Å². The second-order valence-corrected chi connectivity index (χ2v) is 9.23. The fourth-order valence-electron chi connectivity index (χ4n) is 3.66. The molecule has 0 saturated heterocycles. The summed E-state index contributed by atoms with van der Waals surface area (Å²) in [6, 6.07) is 0. The molecule has 0 amide bonds. The predicted octanol–water partition coefficient (Wildman–Crippen LogP) is 7.91. The number of esters is 2. The molecule has 0 aliphatic carbocycles. The maximum atomic E-state index is 11.4. The van der Waals surface area contributed by atoms with Crippen LogP contribution in [0.15, 0.2) is 0 Å². The van der Waals surface area contributed by atoms with Gasteiger partial charge in [0.1, 0.15) is 0 Å². The molecule has 0 rings (SSSR count). The van der Waals surface area contributed by atoms with Crippen molar-refractivity contribution in [2.75, 3.05) is 0 Å². The first-order valence-corrected chi connectivity index (χ1v) is 12.8. The van der Waals surface area contributed by atoms with E-state index < -0.39 is 0 Å². The van der Waals surface area contributed by atoms with Crippen LogP contribution in [-0.4, -0.2) is 24.1 Å². The molecular formula is C26H50O4. The molecule has 0 saturated carbocycles. The zero-order chi connectivity index (χ0) is 22.5. The molecule has 0 unspecified atom stereocenters. The summed E-state index contributed by atoms with van der Waals surface area (Å²) < 4.78 is 10.3. The molecule has 0 bridgehead atoms. The van der Waals surface area contributed by atoms with Crippen LogP contribution in [0.3, 0.4) is 0 Å². The van der Waals surface area contributed by atoms with Gasteiger partial charge >= 0.3 is 11.9 Å². The smallest absolute Gasteiger partial charge is 0.306 e. The van der Waals surface area contributed by atoms with Crippen molar-refractivity contribution >= 4 is 11.9 Å². The highest BCUT2D eigenvalue weighted by molar-refractivity contribution is 5.69. The van der Waals surface area contributed by atoms with Crippen LogP contribution in [0.5, 0.6) is 0 Å². The molecule has 0 N–H and O–H groups in total. The van der Waals surface area contributed by atoms with E-state index in [4.69, 9.17) is 9.47 Å². The summed E-state index contributed by atoms with van der Waals surface area (Å²) in [7, 11) is 0. The third-order valence-electron chi connectivity index (χ3n) is 5.25. The molecule has 0 atom stereocenters. The first-order valence-electron chi connectivity index (χ1n) is 12.8. The van der Waals surface area contributed by atoms with Gasteiger partial charge in [0.05, 0.1) is 12.2 Å². The van der Waals surface area contributed by atoms with Crippen LogP contribution in [0.4, 0.5) is 0 Å². The Balaban J connectivity index is 3.15. The molecule has 4 nitrogen and oxygen atoms in total. The summed E-state index contributed by atoms with van der Waals surface area (Å²) in [6.45, 7) is 7.60. The highest BCUT2D eigenvalue weighted by atomic mass is 16.5. The minimum Gasteiger partial charge on any atom is -0.463 e. The minimum atomic E-state index is -0.0475. The van der Waals surface area contributed by atoms with Gasteiger partial charge in [-0.3, -0.25) is 9.59 Å². The van der Waals surface area contributed by atoms with Gasteiger partial charge in [-0.1, -0.05) is 89.9 Å². The van der Waals surface area contributed by atoms with Crippen LogP contribution in [0, 0.1) is 0 Å². The van der Waals surface area contributed by atoms with E-state index in [0.717, 1.165) is 25.7 Å². The third kappa shape index (κ3) is 23.2. The van der Waals surface area contributed by atoms with Crippen LogP contribution in [0.1, 0.15) is 143 Å². The lowest BCUT2D eigenvalue weighted by molar-refractivity contribution is -0.148. The predicted molar refractivity (Wildman–Crippen MR) is 126 cm³/mol. The maximum absolute atomic E-state index is 11.4. The topological polar surface area (TPSA) is 52.6 Å². The van der Waals surface area contributed by atoms with Crippen molar-refractivity contribution in [1.29, 1.82) is 0 Å². The number of rotatable bonds is 21. The number of hydrogen-bond donors (Lipinski definition) is 0. The van der Waals surface area contributed by atoms with E-state index >= 15 is 0 Å². The van der Waals surface area contributed by atoms with Crippen LogP contribution < -0.4 is 0 Å². The van der Waals surface area contributed by atoms with Crippen molar-refractivity contribution in [2.45, 2.75) is 155 Å². The Morgan fingerprint density at radius 1 is 0.433 bits per heavy atom. The Morgan fingerprint density at radius 2 is 0.633 bits per heavy atom. The zero-order valence-corrected chi connectivity index (χ0v) is 20.5. The molecule has 0 radical (unpaired) electrons.